The van der Waals surface area contributed by atoms with Crippen LogP contribution in [0, 0.1) is 17.5 Å². The van der Waals surface area contributed by atoms with Gasteiger partial charge in [0, 0.05) is 12.0 Å². The third kappa shape index (κ3) is 2.59. The highest BCUT2D eigenvalue weighted by atomic mass is 19.2. The first-order valence-electron chi connectivity index (χ1n) is 5.29. The molecule has 0 fully saturated rings. The van der Waals surface area contributed by atoms with E-state index in [1.165, 1.54) is 24.3 Å². The van der Waals surface area contributed by atoms with Gasteiger partial charge in [0.2, 0.25) is 0 Å². The quantitative estimate of drug-likeness (QED) is 0.761. The molecule has 0 amide bonds. The van der Waals surface area contributed by atoms with Crippen molar-refractivity contribution in [3.05, 3.63) is 71.0 Å². The third-order valence-electron chi connectivity index (χ3n) is 2.55. The van der Waals surface area contributed by atoms with Gasteiger partial charge in [-0.05, 0) is 35.9 Å². The summed E-state index contributed by atoms with van der Waals surface area (Å²) >= 11 is 0. The van der Waals surface area contributed by atoms with Crippen LogP contribution in [0.2, 0.25) is 0 Å². The predicted molar refractivity (Wildman–Crippen MR) is 60.8 cm³/mol. The maximum atomic E-state index is 13.4. The van der Waals surface area contributed by atoms with Gasteiger partial charge in [0.15, 0.2) is 17.4 Å². The maximum Gasteiger partial charge on any atom is 0.167 e. The van der Waals surface area contributed by atoms with E-state index in [0.29, 0.717) is 0 Å². The first kappa shape index (κ1) is 12.4. The third-order valence-corrected chi connectivity index (χ3v) is 2.55. The van der Waals surface area contributed by atoms with Gasteiger partial charge in [0.05, 0.1) is 0 Å². The average Bonchev–Trinajstić information content (AvgIpc) is 2.36. The first-order valence-corrected chi connectivity index (χ1v) is 5.29. The Morgan fingerprint density at radius 2 is 1.61 bits per heavy atom. The summed E-state index contributed by atoms with van der Waals surface area (Å²) in [6.45, 7) is 0. The lowest BCUT2D eigenvalue weighted by Crippen LogP contribution is -2.06. The van der Waals surface area contributed by atoms with Crippen LogP contribution in [0.1, 0.15) is 15.9 Å². The van der Waals surface area contributed by atoms with Crippen LogP contribution in [0.15, 0.2) is 42.5 Å². The van der Waals surface area contributed by atoms with E-state index in [4.69, 9.17) is 0 Å². The summed E-state index contributed by atoms with van der Waals surface area (Å²) in [5, 5.41) is 0. The van der Waals surface area contributed by atoms with Crippen molar-refractivity contribution in [1.29, 1.82) is 0 Å². The smallest absolute Gasteiger partial charge is 0.167 e. The molecule has 0 saturated heterocycles. The number of rotatable bonds is 3. The molecular weight excluding hydrogens is 241 g/mol. The Morgan fingerprint density at radius 1 is 0.944 bits per heavy atom. The van der Waals surface area contributed by atoms with Gasteiger partial charge >= 0.3 is 0 Å². The SMILES string of the molecule is O=C(Cc1cccc(F)c1F)c1ccc(F)cc1. The van der Waals surface area contributed by atoms with Crippen molar-refractivity contribution < 1.29 is 18.0 Å². The summed E-state index contributed by atoms with van der Waals surface area (Å²) in [6, 6.07) is 8.60. The number of benzene rings is 2. The van der Waals surface area contributed by atoms with E-state index in [-0.39, 0.29) is 23.3 Å². The minimum absolute atomic E-state index is 0.00988. The van der Waals surface area contributed by atoms with E-state index in [2.05, 4.69) is 0 Å². The Kier molecular flexibility index (Phi) is 3.46. The monoisotopic (exact) mass is 250 g/mol. The standard InChI is InChI=1S/C14H9F3O/c15-11-6-4-9(5-7-11)13(18)8-10-2-1-3-12(16)14(10)17/h1-7H,8H2. The van der Waals surface area contributed by atoms with Gasteiger partial charge in [0.25, 0.3) is 0 Å². The molecule has 0 spiro atoms. The summed E-state index contributed by atoms with van der Waals surface area (Å²) in [5.41, 5.74) is 0.254. The molecule has 2 aromatic rings. The molecule has 0 atom stereocenters. The van der Waals surface area contributed by atoms with Crippen LogP contribution in [0.5, 0.6) is 0 Å². The highest BCUT2D eigenvalue weighted by molar-refractivity contribution is 5.97. The van der Waals surface area contributed by atoms with Crippen LogP contribution >= 0.6 is 0 Å². The van der Waals surface area contributed by atoms with Crippen LogP contribution in [0.3, 0.4) is 0 Å². The number of hydrogen-bond acceptors (Lipinski definition) is 1. The Bertz CT molecular complexity index is 576. The highest BCUT2D eigenvalue weighted by Crippen LogP contribution is 2.14. The normalized spacial score (nSPS) is 10.4. The molecular formula is C14H9F3O. The predicted octanol–water partition coefficient (Wildman–Crippen LogP) is 3.53. The zero-order chi connectivity index (χ0) is 13.1. The number of hydrogen-bond donors (Lipinski definition) is 0. The first-order chi connectivity index (χ1) is 8.58. The maximum absolute atomic E-state index is 13.4. The number of carbonyl (C=O) groups is 1. The second-order valence-corrected chi connectivity index (χ2v) is 3.82. The zero-order valence-corrected chi connectivity index (χ0v) is 9.29. The molecule has 0 aromatic heterocycles. The molecule has 0 saturated carbocycles. The van der Waals surface area contributed by atoms with Crippen molar-refractivity contribution in [1.82, 2.24) is 0 Å². The average molecular weight is 250 g/mol. The van der Waals surface area contributed by atoms with Crippen molar-refractivity contribution in [2.75, 3.05) is 0 Å². The fourth-order valence-corrected chi connectivity index (χ4v) is 1.60. The van der Waals surface area contributed by atoms with Gasteiger partial charge in [-0.15, -0.1) is 0 Å². The molecule has 2 aromatic carbocycles. The Labute approximate surface area is 102 Å². The zero-order valence-electron chi connectivity index (χ0n) is 9.29. The lowest BCUT2D eigenvalue weighted by atomic mass is 10.0. The van der Waals surface area contributed by atoms with Crippen molar-refractivity contribution in [3.63, 3.8) is 0 Å². The molecule has 0 unspecified atom stereocenters. The lowest BCUT2D eigenvalue weighted by molar-refractivity contribution is 0.0991. The number of ketones is 1. The van der Waals surface area contributed by atoms with Crippen LogP contribution in [0.25, 0.3) is 0 Å². The summed E-state index contributed by atoms with van der Waals surface area (Å²) in [4.78, 5) is 11.8. The Morgan fingerprint density at radius 3 is 2.28 bits per heavy atom. The molecule has 0 aliphatic rings. The number of carbonyl (C=O) groups excluding carboxylic acids is 1. The van der Waals surface area contributed by atoms with E-state index < -0.39 is 17.5 Å². The molecule has 0 aliphatic heterocycles. The van der Waals surface area contributed by atoms with Gasteiger partial charge in [-0.2, -0.15) is 0 Å². The van der Waals surface area contributed by atoms with Crippen molar-refractivity contribution in [2.24, 2.45) is 0 Å². The molecule has 18 heavy (non-hydrogen) atoms. The van der Waals surface area contributed by atoms with Gasteiger partial charge in [-0.1, -0.05) is 12.1 Å². The minimum Gasteiger partial charge on any atom is -0.294 e. The highest BCUT2D eigenvalue weighted by Gasteiger charge is 2.13. The second-order valence-electron chi connectivity index (χ2n) is 3.82. The van der Waals surface area contributed by atoms with Crippen LogP contribution in [-0.4, -0.2) is 5.78 Å². The van der Waals surface area contributed by atoms with Crippen molar-refractivity contribution >= 4 is 5.78 Å². The molecule has 0 N–H and O–H groups in total. The fraction of sp³-hybridized carbons (Fsp3) is 0.0714. The molecule has 0 radical (unpaired) electrons. The van der Waals surface area contributed by atoms with Crippen LogP contribution < -0.4 is 0 Å². The van der Waals surface area contributed by atoms with Gasteiger partial charge < -0.3 is 0 Å². The summed E-state index contributed by atoms with van der Waals surface area (Å²) in [5.74, 6) is -2.85. The Balaban J connectivity index is 2.21. The van der Waals surface area contributed by atoms with Gasteiger partial charge in [0.1, 0.15) is 5.82 Å². The topological polar surface area (TPSA) is 17.1 Å². The molecule has 1 nitrogen and oxygen atoms in total. The minimum atomic E-state index is -1.02. The van der Waals surface area contributed by atoms with Gasteiger partial charge in [-0.25, -0.2) is 13.2 Å². The van der Waals surface area contributed by atoms with E-state index in [9.17, 15) is 18.0 Å². The molecule has 4 heteroatoms. The van der Waals surface area contributed by atoms with E-state index in [1.54, 1.807) is 0 Å². The van der Waals surface area contributed by atoms with E-state index in [1.807, 2.05) is 0 Å². The molecule has 0 aliphatic carbocycles. The van der Waals surface area contributed by atoms with Crippen LogP contribution in [0.4, 0.5) is 13.2 Å². The summed E-state index contributed by atoms with van der Waals surface area (Å²) in [7, 11) is 0. The van der Waals surface area contributed by atoms with E-state index >= 15 is 0 Å². The van der Waals surface area contributed by atoms with E-state index in [0.717, 1.165) is 18.2 Å². The number of Topliss-reactive ketones (excluding diaryl/α,β-unsaturated/α-hetero) is 1. The second kappa shape index (κ2) is 5.04. The number of halogens is 3. The largest absolute Gasteiger partial charge is 0.294 e. The summed E-state index contributed by atoms with van der Waals surface area (Å²) in [6.07, 6.45) is -0.255. The van der Waals surface area contributed by atoms with Gasteiger partial charge in [-0.3, -0.25) is 4.79 Å². The fourth-order valence-electron chi connectivity index (χ4n) is 1.60. The molecule has 92 valence electrons. The van der Waals surface area contributed by atoms with Crippen molar-refractivity contribution in [2.45, 2.75) is 6.42 Å². The molecule has 2 rings (SSSR count). The summed E-state index contributed by atoms with van der Waals surface area (Å²) < 4.78 is 39.0. The Hall–Kier alpha value is -2.10. The molecule has 0 bridgehead atoms. The van der Waals surface area contributed by atoms with Crippen LogP contribution in [-0.2, 0) is 6.42 Å². The lowest BCUT2D eigenvalue weighted by Gasteiger charge is -2.03. The van der Waals surface area contributed by atoms with Crippen molar-refractivity contribution in [3.8, 4) is 0 Å². The molecule has 0 heterocycles.